The molecule has 2 heterocycles. The lowest BCUT2D eigenvalue weighted by molar-refractivity contribution is -0.129. The van der Waals surface area contributed by atoms with Gasteiger partial charge in [0.25, 0.3) is 5.91 Å². The zero-order chi connectivity index (χ0) is 27.4. The molecule has 0 bridgehead atoms. The van der Waals surface area contributed by atoms with E-state index in [0.29, 0.717) is 18.7 Å². The lowest BCUT2D eigenvalue weighted by Gasteiger charge is -2.43. The maximum Gasteiger partial charge on any atom is 0.268 e. The van der Waals surface area contributed by atoms with E-state index in [-0.39, 0.29) is 47.6 Å². The van der Waals surface area contributed by atoms with Crippen LogP contribution in [0.4, 0.5) is 0 Å². The van der Waals surface area contributed by atoms with E-state index in [1.807, 2.05) is 24.6 Å². The second-order valence-electron chi connectivity index (χ2n) is 10.5. The summed E-state index contributed by atoms with van der Waals surface area (Å²) in [7, 11) is 0.00740. The largest absolute Gasteiger partial charge is 0.496 e. The van der Waals surface area contributed by atoms with Crippen LogP contribution in [0.15, 0.2) is 24.3 Å². The number of hydrogen-bond acceptors (Lipinski definition) is 6. The highest BCUT2D eigenvalue weighted by Gasteiger charge is 2.34. The highest BCUT2D eigenvalue weighted by Crippen LogP contribution is 2.53. The first kappa shape index (κ1) is 28.5. The van der Waals surface area contributed by atoms with Gasteiger partial charge in [0, 0.05) is 28.1 Å². The summed E-state index contributed by atoms with van der Waals surface area (Å²) in [6.45, 7) is 6.22. The van der Waals surface area contributed by atoms with E-state index < -0.39 is 28.2 Å². The number of aromatic amines is 1. The van der Waals surface area contributed by atoms with E-state index in [9.17, 15) is 19.2 Å². The normalized spacial score (nSPS) is 17.2. The lowest BCUT2D eigenvalue weighted by atomic mass is 9.96. The van der Waals surface area contributed by atoms with Crippen molar-refractivity contribution in [3.05, 3.63) is 30.0 Å². The van der Waals surface area contributed by atoms with Crippen molar-refractivity contribution >= 4 is 44.7 Å². The second-order valence-corrected chi connectivity index (χ2v) is 14.4. The summed E-state index contributed by atoms with van der Waals surface area (Å²) >= 11 is 0. The topological polar surface area (TPSA) is 139 Å². The predicted molar refractivity (Wildman–Crippen MR) is 145 cm³/mol. The number of nitrogens with one attached hydrogen (secondary N) is 4. The van der Waals surface area contributed by atoms with Gasteiger partial charge in [-0.05, 0) is 43.6 Å². The molecule has 3 amide bonds. The maximum absolute atomic E-state index is 13.1. The fourth-order valence-electron chi connectivity index (χ4n) is 3.84. The van der Waals surface area contributed by atoms with Gasteiger partial charge in [-0.25, -0.2) is 0 Å². The SMILES string of the molecule is COc1cccc2[nH]c(C(=O)NCC(=O)NC(CC3CCNC3=O)C(=O)COS(C)(C)C(C)(C)C)cc12. The standard InChI is InChI=1S/C26H38N4O6S/c1-26(2,3)37(5,6)36-15-21(31)19(12-16-10-11-27-24(16)33)30-23(32)14-28-25(34)20-13-17-18(29-20)8-7-9-22(17)35-4/h7-9,13,16,19,29H,10-12,14-15H2,1-6H3,(H,27,33)(H,28,34)(H,30,32). The van der Waals surface area contributed by atoms with Gasteiger partial charge in [0.05, 0.1) is 19.7 Å². The number of carbonyl (C=O) groups excluding carboxylic acids is 4. The van der Waals surface area contributed by atoms with Gasteiger partial charge in [-0.1, -0.05) is 26.8 Å². The fraction of sp³-hybridized carbons (Fsp3) is 0.538. The Bertz CT molecular complexity index is 1170. The molecule has 4 N–H and O–H groups in total. The molecule has 1 saturated heterocycles. The smallest absolute Gasteiger partial charge is 0.268 e. The number of fused-ring (bicyclic) bond motifs is 1. The van der Waals surface area contributed by atoms with Crippen LogP contribution in [0.25, 0.3) is 10.9 Å². The summed E-state index contributed by atoms with van der Waals surface area (Å²) in [5.74, 6) is -1.16. The van der Waals surface area contributed by atoms with E-state index in [0.717, 1.165) is 10.9 Å². The van der Waals surface area contributed by atoms with Gasteiger partial charge in [0.15, 0.2) is 5.78 Å². The van der Waals surface area contributed by atoms with Crippen LogP contribution in [0.5, 0.6) is 5.75 Å². The van der Waals surface area contributed by atoms with Gasteiger partial charge in [-0.2, -0.15) is 0 Å². The molecule has 204 valence electrons. The van der Waals surface area contributed by atoms with Gasteiger partial charge in [-0.3, -0.25) is 19.2 Å². The molecule has 0 radical (unpaired) electrons. The quantitative estimate of drug-likeness (QED) is 0.349. The van der Waals surface area contributed by atoms with E-state index >= 15 is 0 Å². The summed E-state index contributed by atoms with van der Waals surface area (Å²) in [4.78, 5) is 53.6. The molecule has 0 aliphatic carbocycles. The molecule has 1 aliphatic heterocycles. The summed E-state index contributed by atoms with van der Waals surface area (Å²) in [5, 5.41) is 8.80. The van der Waals surface area contributed by atoms with E-state index in [2.05, 4.69) is 41.7 Å². The van der Waals surface area contributed by atoms with Gasteiger partial charge in [-0.15, -0.1) is 10.3 Å². The highest BCUT2D eigenvalue weighted by molar-refractivity contribution is 8.29. The van der Waals surface area contributed by atoms with Crippen LogP contribution in [0.2, 0.25) is 0 Å². The predicted octanol–water partition coefficient (Wildman–Crippen LogP) is 2.28. The minimum absolute atomic E-state index is 0.129. The molecule has 2 atom stereocenters. The zero-order valence-corrected chi connectivity index (χ0v) is 23.2. The van der Waals surface area contributed by atoms with Crippen molar-refractivity contribution in [2.75, 3.05) is 39.3 Å². The summed E-state index contributed by atoms with van der Waals surface area (Å²) in [6.07, 6.45) is 4.76. The Morgan fingerprint density at radius 3 is 2.57 bits per heavy atom. The number of hydrogen-bond donors (Lipinski definition) is 4. The monoisotopic (exact) mass is 534 g/mol. The van der Waals surface area contributed by atoms with Crippen LogP contribution >= 0.6 is 10.3 Å². The van der Waals surface area contributed by atoms with Crippen LogP contribution in [0.1, 0.15) is 44.1 Å². The molecule has 37 heavy (non-hydrogen) atoms. The molecule has 2 aromatic rings. The molecular formula is C26H38N4O6S. The molecule has 1 fully saturated rings. The Hall–Kier alpha value is -3.05. The minimum Gasteiger partial charge on any atom is -0.496 e. The van der Waals surface area contributed by atoms with Crippen LogP contribution in [0.3, 0.4) is 0 Å². The summed E-state index contributed by atoms with van der Waals surface area (Å²) in [5.41, 5.74) is 1.01. The van der Waals surface area contributed by atoms with Crippen molar-refractivity contribution in [1.29, 1.82) is 0 Å². The first-order valence-electron chi connectivity index (χ1n) is 12.2. The third-order valence-corrected chi connectivity index (χ3v) is 10.5. The minimum atomic E-state index is -1.54. The third-order valence-electron chi connectivity index (χ3n) is 6.88. The Labute approximate surface area is 219 Å². The van der Waals surface area contributed by atoms with Crippen LogP contribution in [0, 0.1) is 5.92 Å². The van der Waals surface area contributed by atoms with Crippen LogP contribution < -0.4 is 20.7 Å². The number of benzene rings is 1. The highest BCUT2D eigenvalue weighted by atomic mass is 32.3. The average molecular weight is 535 g/mol. The number of H-pyrrole nitrogens is 1. The van der Waals surface area contributed by atoms with Gasteiger partial charge in [0.2, 0.25) is 11.8 Å². The molecule has 1 aromatic carbocycles. The fourth-order valence-corrected chi connectivity index (χ4v) is 4.60. The van der Waals surface area contributed by atoms with Crippen LogP contribution in [-0.4, -0.2) is 78.6 Å². The van der Waals surface area contributed by atoms with Gasteiger partial charge >= 0.3 is 0 Å². The van der Waals surface area contributed by atoms with E-state index in [4.69, 9.17) is 8.92 Å². The molecule has 2 unspecified atom stereocenters. The zero-order valence-electron chi connectivity index (χ0n) is 22.4. The first-order valence-corrected chi connectivity index (χ1v) is 14.6. The Balaban J connectivity index is 1.63. The molecule has 0 spiro atoms. The Morgan fingerprint density at radius 1 is 1.22 bits per heavy atom. The van der Waals surface area contributed by atoms with Crippen molar-refractivity contribution in [1.82, 2.24) is 20.9 Å². The summed E-state index contributed by atoms with van der Waals surface area (Å²) in [6, 6.07) is 6.18. The number of amides is 3. The van der Waals surface area contributed by atoms with E-state index in [1.54, 1.807) is 19.2 Å². The van der Waals surface area contributed by atoms with Gasteiger partial charge in [0.1, 0.15) is 18.1 Å². The van der Waals surface area contributed by atoms with Crippen molar-refractivity contribution in [3.63, 3.8) is 0 Å². The van der Waals surface area contributed by atoms with Crippen molar-refractivity contribution in [2.45, 2.75) is 44.4 Å². The van der Waals surface area contributed by atoms with Gasteiger partial charge < -0.3 is 29.9 Å². The number of aromatic nitrogens is 1. The molecule has 1 aliphatic rings. The second kappa shape index (κ2) is 11.6. The molecule has 3 rings (SSSR count). The lowest BCUT2D eigenvalue weighted by Crippen LogP contribution is -2.48. The summed E-state index contributed by atoms with van der Waals surface area (Å²) < 4.78 is 11.2. The number of rotatable bonds is 11. The first-order chi connectivity index (χ1) is 17.3. The van der Waals surface area contributed by atoms with Crippen LogP contribution in [-0.2, 0) is 18.6 Å². The Kier molecular flexibility index (Phi) is 8.91. The maximum atomic E-state index is 13.1. The average Bonchev–Trinajstić information content (AvgIpc) is 3.45. The molecule has 1 aromatic heterocycles. The molecule has 10 nitrogen and oxygen atoms in total. The third kappa shape index (κ3) is 7.04. The molecule has 11 heteroatoms. The molecule has 0 saturated carbocycles. The Morgan fingerprint density at radius 2 is 1.95 bits per heavy atom. The van der Waals surface area contributed by atoms with Crippen molar-refractivity contribution in [3.8, 4) is 5.75 Å². The number of methoxy groups -OCH3 is 1. The number of Topliss-reactive ketones (excluding diaryl/α,β-unsaturated/α-hetero) is 1. The van der Waals surface area contributed by atoms with Crippen molar-refractivity contribution in [2.24, 2.45) is 5.92 Å². The number of ketones is 1. The number of carbonyl (C=O) groups is 4. The number of ether oxygens (including phenoxy) is 1. The van der Waals surface area contributed by atoms with Crippen molar-refractivity contribution < 1.29 is 28.1 Å². The van der Waals surface area contributed by atoms with E-state index in [1.165, 1.54) is 0 Å². The molecular weight excluding hydrogens is 496 g/mol.